The quantitative estimate of drug-likeness (QED) is 0.188. The van der Waals surface area contributed by atoms with Crippen LogP contribution in [0.3, 0.4) is 0 Å². The normalized spacial score (nSPS) is 37.7. The second-order valence-corrected chi connectivity index (χ2v) is 19.6. The van der Waals surface area contributed by atoms with Gasteiger partial charge in [-0.25, -0.2) is 4.99 Å². The van der Waals surface area contributed by atoms with E-state index in [-0.39, 0.29) is 50.5 Å². The van der Waals surface area contributed by atoms with Crippen molar-refractivity contribution in [3.05, 3.63) is 27.7 Å². The number of aromatic nitrogens is 1. The maximum Gasteiger partial charge on any atom is 0.316 e. The molecule has 0 spiro atoms. The van der Waals surface area contributed by atoms with Crippen LogP contribution in [0.5, 0.6) is 0 Å². The summed E-state index contributed by atoms with van der Waals surface area (Å²) in [5.74, 6) is -4.97. The van der Waals surface area contributed by atoms with E-state index in [1.165, 1.54) is 32.1 Å². The van der Waals surface area contributed by atoms with Crippen LogP contribution in [0.25, 0.3) is 10.6 Å². The molecule has 0 aliphatic carbocycles. The van der Waals surface area contributed by atoms with Crippen molar-refractivity contribution in [1.29, 1.82) is 0 Å². The van der Waals surface area contributed by atoms with E-state index in [9.17, 15) is 24.6 Å². The van der Waals surface area contributed by atoms with Gasteiger partial charge in [0.25, 0.3) is 0 Å². The first-order chi connectivity index (χ1) is 28.2. The summed E-state index contributed by atoms with van der Waals surface area (Å²) < 4.78 is 38.9. The Hall–Kier alpha value is -2.94. The Labute approximate surface area is 364 Å². The van der Waals surface area contributed by atoms with Gasteiger partial charge in [-0.3, -0.25) is 14.4 Å². The maximum atomic E-state index is 14.5. The molecule has 5 heterocycles. The Bertz CT molecular complexity index is 1880. The first-order valence-electron chi connectivity index (χ1n) is 20.5. The summed E-state index contributed by atoms with van der Waals surface area (Å²) in [6, 6.07) is 5.27. The number of oxime groups is 1. The molecule has 0 saturated carbocycles. The largest absolute Gasteiger partial charge is 0.459 e. The minimum Gasteiger partial charge on any atom is -0.459 e. The van der Waals surface area contributed by atoms with Gasteiger partial charge in [-0.1, -0.05) is 38.0 Å². The minimum absolute atomic E-state index is 0.0878. The van der Waals surface area contributed by atoms with Gasteiger partial charge in [0.2, 0.25) is 5.91 Å². The van der Waals surface area contributed by atoms with Gasteiger partial charge in [0.15, 0.2) is 24.4 Å². The van der Waals surface area contributed by atoms with Gasteiger partial charge < -0.3 is 48.2 Å². The van der Waals surface area contributed by atoms with E-state index in [1.54, 1.807) is 33.8 Å². The third-order valence-electron chi connectivity index (χ3n) is 11.9. The van der Waals surface area contributed by atoms with Crippen LogP contribution in [0.15, 0.2) is 36.7 Å². The summed E-state index contributed by atoms with van der Waals surface area (Å²) in [5, 5.41) is 32.7. The number of hydrogen-bond donors (Lipinski definition) is 2. The highest BCUT2D eigenvalue weighted by Gasteiger charge is 2.53. The minimum atomic E-state index is -1.86. The molecule has 1 unspecified atom stereocenters. The number of halogens is 1. The van der Waals surface area contributed by atoms with Crippen LogP contribution in [0.2, 0.25) is 0 Å². The number of aliphatic imine (C=N–C) groups is 1. The highest BCUT2D eigenvalue weighted by molar-refractivity contribution is 9.11. The molecule has 3 saturated heterocycles. The molecule has 2 aromatic heterocycles. The van der Waals surface area contributed by atoms with E-state index in [0.717, 1.165) is 8.66 Å². The van der Waals surface area contributed by atoms with Crippen molar-refractivity contribution >= 4 is 56.3 Å². The molecule has 18 heteroatoms. The first kappa shape index (κ1) is 48.1. The van der Waals surface area contributed by atoms with Crippen LogP contribution in [0.4, 0.5) is 0 Å². The number of ketones is 1. The first-order valence-corrected chi connectivity index (χ1v) is 22.1. The summed E-state index contributed by atoms with van der Waals surface area (Å²) in [4.78, 5) is 54.3. The Morgan fingerprint density at radius 1 is 1.12 bits per heavy atom. The van der Waals surface area contributed by atoms with E-state index in [4.69, 9.17) is 33.0 Å². The van der Waals surface area contributed by atoms with Gasteiger partial charge in [0.1, 0.15) is 35.1 Å². The second kappa shape index (κ2) is 20.1. The van der Waals surface area contributed by atoms with Crippen molar-refractivity contribution in [2.45, 2.75) is 142 Å². The number of amides is 1. The number of rotatable bonds is 8. The lowest BCUT2D eigenvalue weighted by Crippen LogP contribution is -2.60. The molecule has 60 heavy (non-hydrogen) atoms. The third-order valence-corrected chi connectivity index (χ3v) is 13.6. The molecule has 1 amide bonds. The number of carbonyl (C=O) groups excluding carboxylic acids is 3. The Morgan fingerprint density at radius 2 is 1.83 bits per heavy atom. The van der Waals surface area contributed by atoms with Crippen LogP contribution in [-0.2, 0) is 49.5 Å². The van der Waals surface area contributed by atoms with Crippen molar-refractivity contribution in [2.75, 3.05) is 27.3 Å². The van der Waals surface area contributed by atoms with E-state index in [1.807, 2.05) is 45.0 Å². The van der Waals surface area contributed by atoms with Crippen molar-refractivity contribution in [3.63, 3.8) is 0 Å². The lowest BCUT2D eigenvalue weighted by atomic mass is 9.73. The van der Waals surface area contributed by atoms with E-state index in [2.05, 4.69) is 31.2 Å². The zero-order valence-corrected chi connectivity index (χ0v) is 38.8. The molecule has 16 nitrogen and oxygen atoms in total. The van der Waals surface area contributed by atoms with Crippen LogP contribution >= 0.6 is 27.3 Å². The van der Waals surface area contributed by atoms with E-state index < -0.39 is 83.2 Å². The molecular weight excluding hydrogens is 864 g/mol. The third kappa shape index (κ3) is 11.0. The molecule has 2 bridgehead atoms. The van der Waals surface area contributed by atoms with Crippen molar-refractivity contribution in [2.24, 2.45) is 33.8 Å². The lowest BCUT2D eigenvalue weighted by Gasteiger charge is -2.47. The summed E-state index contributed by atoms with van der Waals surface area (Å²) >= 11 is 4.98. The summed E-state index contributed by atoms with van der Waals surface area (Å²) in [7, 11) is 3.72. The van der Waals surface area contributed by atoms with Gasteiger partial charge in [-0.15, -0.1) is 11.3 Å². The number of hydrogen-bond acceptors (Lipinski definition) is 16. The predicted octanol–water partition coefficient (Wildman–Crippen LogP) is 5.60. The number of nitrogens with zero attached hydrogens (tertiary/aromatic N) is 4. The number of thiophene rings is 1. The fraction of sp³-hybridized carbons (Fsp3) is 0.714. The van der Waals surface area contributed by atoms with Crippen LogP contribution in [0.1, 0.15) is 87.3 Å². The SMILES string of the molecule is CC[C@H]1OC(=O)[C@H](C)C(=O)[C@H](C)[C@@H](O[C@@H]2O[C@H](C)C[C@H](N(C)C)[C@H]2O)[C@@]2(C)C[C@@H](C)C(=NC(C)=O)[C@H](C)C(OC/C(=N\OCc3cc(-c4ccc(Br)s4)no3)CO2)[C@]1(C)O. The fourth-order valence-corrected chi connectivity index (χ4v) is 10.1. The van der Waals surface area contributed by atoms with Gasteiger partial charge in [-0.2, -0.15) is 0 Å². The summed E-state index contributed by atoms with van der Waals surface area (Å²) in [6.07, 6.45) is -5.20. The van der Waals surface area contributed by atoms with Crippen LogP contribution in [0, 0.1) is 23.7 Å². The number of ether oxygens (including phenoxy) is 5. The lowest BCUT2D eigenvalue weighted by molar-refractivity contribution is -0.296. The highest BCUT2D eigenvalue weighted by Crippen LogP contribution is 2.40. The predicted molar refractivity (Wildman–Crippen MR) is 226 cm³/mol. The summed E-state index contributed by atoms with van der Waals surface area (Å²) in [6.45, 7) is 14.5. The smallest absolute Gasteiger partial charge is 0.316 e. The summed E-state index contributed by atoms with van der Waals surface area (Å²) in [5.41, 5.74) is -1.98. The molecule has 0 aromatic carbocycles. The topological polar surface area (TPSA) is 201 Å². The molecule has 2 aromatic rings. The molecule has 13 atom stereocenters. The van der Waals surface area contributed by atoms with Gasteiger partial charge >= 0.3 is 5.97 Å². The number of carbonyl (C=O) groups is 3. The number of aliphatic hydroxyl groups excluding tert-OH is 1. The number of esters is 1. The van der Waals surface area contributed by atoms with Crippen molar-refractivity contribution in [1.82, 2.24) is 10.1 Å². The second-order valence-electron chi connectivity index (χ2n) is 17.1. The number of likely N-dealkylation sites (N-methyl/N-ethyl adjacent to an activating group) is 1. The molecule has 3 fully saturated rings. The molecule has 0 radical (unpaired) electrons. The number of fused-ring (bicyclic) bond motifs is 5. The number of Topliss-reactive ketones (excluding diaryl/α,β-unsaturated/α-hetero) is 1. The van der Waals surface area contributed by atoms with E-state index >= 15 is 0 Å². The highest BCUT2D eigenvalue weighted by atomic mass is 79.9. The van der Waals surface area contributed by atoms with Crippen LogP contribution in [-0.4, -0.2) is 131 Å². The average Bonchev–Trinajstić information content (AvgIpc) is 3.84. The molecule has 3 aliphatic heterocycles. The maximum absolute atomic E-state index is 14.5. The number of aliphatic hydroxyl groups is 2. The Balaban J connectivity index is 1.64. The van der Waals surface area contributed by atoms with Crippen molar-refractivity contribution in [3.8, 4) is 10.6 Å². The molecule has 3 aliphatic rings. The standard InChI is InChI=1S/C42H61BrN4O12S/c1-12-32-42(9,52)38-23(4)34(44-26(7)48)21(2)17-41(8,54-19-27(18-53-38)45-55-20-28-16-29(46-59-28)31-13-14-33(43)60-31)37(24(5)35(49)25(6)39(51)57-32)58-40-36(50)30(47(10)11)15-22(3)56-40/h13-14,16,21-25,30,32,36-38,40,50,52H,12,15,17-20H2,1-11H3/b44-34?,45-27+/t21-,22-,23+,24+,25-,30+,32-,36-,37-,38?,40+,41-,42-/m1/s1. The fourth-order valence-electron chi connectivity index (χ4n) is 8.74. The average molecular weight is 926 g/mol. The zero-order valence-electron chi connectivity index (χ0n) is 36.4. The van der Waals surface area contributed by atoms with Gasteiger partial charge in [-0.05, 0) is 95.0 Å². The van der Waals surface area contributed by atoms with Crippen LogP contribution < -0.4 is 0 Å². The van der Waals surface area contributed by atoms with E-state index in [0.29, 0.717) is 23.6 Å². The van der Waals surface area contributed by atoms with Gasteiger partial charge in [0, 0.05) is 36.6 Å². The zero-order chi connectivity index (χ0) is 44.3. The number of cyclic esters (lactones) is 1. The Morgan fingerprint density at radius 3 is 2.47 bits per heavy atom. The van der Waals surface area contributed by atoms with Gasteiger partial charge in [0.05, 0.1) is 45.8 Å². The molecular formula is C42H61BrN4O12S. The molecule has 5 rings (SSSR count). The molecule has 334 valence electrons. The van der Waals surface area contributed by atoms with Crippen molar-refractivity contribution < 1.29 is 57.6 Å². The Kier molecular flexibility index (Phi) is 16.1. The monoisotopic (exact) mass is 924 g/mol. The molecule has 2 N–H and O–H groups in total.